The van der Waals surface area contributed by atoms with Gasteiger partial charge >= 0.3 is 0 Å². The minimum atomic E-state index is -0.250. The number of carboxylic acid groups (broad SMARTS) is 1. The SMILES string of the molecule is COc1cc2c(cc1-c1cccc(C(=O)NC3CC3)c1)OCO2.O=CO. The van der Waals surface area contributed by atoms with Gasteiger partial charge in [-0.2, -0.15) is 0 Å². The van der Waals surface area contributed by atoms with Crippen LogP contribution in [0.2, 0.25) is 0 Å². The van der Waals surface area contributed by atoms with E-state index in [1.807, 2.05) is 36.4 Å². The predicted molar refractivity (Wildman–Crippen MR) is 93.7 cm³/mol. The average Bonchev–Trinajstić information content (AvgIpc) is 3.35. The van der Waals surface area contributed by atoms with Crippen molar-refractivity contribution in [3.63, 3.8) is 0 Å². The van der Waals surface area contributed by atoms with Crippen LogP contribution in [-0.2, 0) is 4.79 Å². The Labute approximate surface area is 150 Å². The first-order chi connectivity index (χ1) is 12.7. The van der Waals surface area contributed by atoms with E-state index in [1.165, 1.54) is 0 Å². The van der Waals surface area contributed by atoms with Gasteiger partial charge in [0.05, 0.1) is 7.11 Å². The minimum Gasteiger partial charge on any atom is -0.496 e. The fourth-order valence-corrected chi connectivity index (χ4v) is 2.64. The largest absolute Gasteiger partial charge is 0.496 e. The normalized spacial score (nSPS) is 14.0. The third kappa shape index (κ3) is 3.88. The van der Waals surface area contributed by atoms with Crippen molar-refractivity contribution in [2.45, 2.75) is 18.9 Å². The zero-order chi connectivity index (χ0) is 18.5. The molecular weight excluding hydrogens is 338 g/mol. The highest BCUT2D eigenvalue weighted by molar-refractivity contribution is 5.96. The van der Waals surface area contributed by atoms with Crippen LogP contribution in [0.5, 0.6) is 17.2 Å². The Morgan fingerprint density at radius 2 is 1.92 bits per heavy atom. The molecule has 7 heteroatoms. The van der Waals surface area contributed by atoms with Crippen LogP contribution in [0.15, 0.2) is 36.4 Å². The lowest BCUT2D eigenvalue weighted by Gasteiger charge is -2.11. The molecular formula is C19H19NO6. The summed E-state index contributed by atoms with van der Waals surface area (Å²) in [6.45, 7) is -0.0359. The highest BCUT2D eigenvalue weighted by Crippen LogP contribution is 2.42. The van der Waals surface area contributed by atoms with Crippen LogP contribution in [0.25, 0.3) is 11.1 Å². The van der Waals surface area contributed by atoms with Crippen LogP contribution in [0.3, 0.4) is 0 Å². The number of nitrogens with one attached hydrogen (secondary N) is 1. The van der Waals surface area contributed by atoms with Crippen LogP contribution in [0, 0.1) is 0 Å². The summed E-state index contributed by atoms with van der Waals surface area (Å²) in [5, 5.41) is 9.89. The Kier molecular flexibility index (Phi) is 5.26. The highest BCUT2D eigenvalue weighted by atomic mass is 16.7. The van der Waals surface area contributed by atoms with Crippen LogP contribution in [0.4, 0.5) is 0 Å². The smallest absolute Gasteiger partial charge is 0.290 e. The summed E-state index contributed by atoms with van der Waals surface area (Å²) >= 11 is 0. The number of hydrogen-bond acceptors (Lipinski definition) is 5. The Hall–Kier alpha value is -3.22. The first-order valence-electron chi connectivity index (χ1n) is 8.13. The number of benzene rings is 2. The predicted octanol–water partition coefficient (Wildman–Crippen LogP) is 2.68. The molecule has 2 aromatic rings. The summed E-state index contributed by atoms with van der Waals surface area (Å²) in [6.07, 6.45) is 2.14. The fourth-order valence-electron chi connectivity index (χ4n) is 2.64. The number of carbonyl (C=O) groups excluding carboxylic acids is 1. The van der Waals surface area contributed by atoms with Gasteiger partial charge in [-0.3, -0.25) is 9.59 Å². The van der Waals surface area contributed by atoms with E-state index in [1.54, 1.807) is 7.11 Å². The van der Waals surface area contributed by atoms with Crippen molar-refractivity contribution in [3.05, 3.63) is 42.0 Å². The van der Waals surface area contributed by atoms with E-state index < -0.39 is 0 Å². The maximum atomic E-state index is 12.2. The third-order valence-corrected chi connectivity index (χ3v) is 4.04. The molecule has 26 heavy (non-hydrogen) atoms. The number of ether oxygens (including phenoxy) is 3. The maximum absolute atomic E-state index is 12.2. The van der Waals surface area contributed by atoms with Crippen molar-refractivity contribution >= 4 is 12.4 Å². The summed E-state index contributed by atoms with van der Waals surface area (Å²) in [7, 11) is 1.62. The molecule has 136 valence electrons. The topological polar surface area (TPSA) is 94.1 Å². The van der Waals surface area contributed by atoms with E-state index in [0.29, 0.717) is 28.9 Å². The second kappa shape index (κ2) is 7.77. The molecule has 0 radical (unpaired) electrons. The highest BCUT2D eigenvalue weighted by Gasteiger charge is 2.24. The van der Waals surface area contributed by atoms with E-state index in [9.17, 15) is 4.79 Å². The Balaban J connectivity index is 0.000000613. The van der Waals surface area contributed by atoms with Crippen molar-refractivity contribution in [1.29, 1.82) is 0 Å². The molecule has 1 amide bonds. The van der Waals surface area contributed by atoms with E-state index in [2.05, 4.69) is 5.32 Å². The summed E-state index contributed by atoms with van der Waals surface area (Å²) < 4.78 is 16.3. The molecule has 1 fully saturated rings. The number of methoxy groups -OCH3 is 1. The molecule has 1 saturated carbocycles. The zero-order valence-corrected chi connectivity index (χ0v) is 14.2. The molecule has 4 rings (SSSR count). The summed E-state index contributed by atoms with van der Waals surface area (Å²) in [5.41, 5.74) is 2.43. The molecule has 2 aromatic carbocycles. The van der Waals surface area contributed by atoms with Crippen molar-refractivity contribution in [2.75, 3.05) is 13.9 Å². The Morgan fingerprint density at radius 3 is 2.58 bits per heavy atom. The van der Waals surface area contributed by atoms with Crippen molar-refractivity contribution in [3.8, 4) is 28.4 Å². The van der Waals surface area contributed by atoms with Gasteiger partial charge < -0.3 is 24.6 Å². The van der Waals surface area contributed by atoms with Gasteiger partial charge in [0.25, 0.3) is 12.4 Å². The Morgan fingerprint density at radius 1 is 1.23 bits per heavy atom. The van der Waals surface area contributed by atoms with Crippen LogP contribution in [-0.4, -0.2) is 37.4 Å². The molecule has 2 aliphatic rings. The van der Waals surface area contributed by atoms with Gasteiger partial charge in [-0.1, -0.05) is 12.1 Å². The van der Waals surface area contributed by atoms with Gasteiger partial charge in [0, 0.05) is 23.2 Å². The first-order valence-corrected chi connectivity index (χ1v) is 8.13. The molecule has 1 heterocycles. The summed E-state index contributed by atoms with van der Waals surface area (Å²) in [4.78, 5) is 20.6. The van der Waals surface area contributed by atoms with Crippen LogP contribution < -0.4 is 19.5 Å². The quantitative estimate of drug-likeness (QED) is 0.817. The number of rotatable bonds is 4. The lowest BCUT2D eigenvalue weighted by Crippen LogP contribution is -2.25. The monoisotopic (exact) mass is 357 g/mol. The van der Waals surface area contributed by atoms with Crippen LogP contribution >= 0.6 is 0 Å². The lowest BCUT2D eigenvalue weighted by molar-refractivity contribution is -0.122. The number of amides is 1. The second-order valence-electron chi connectivity index (χ2n) is 5.84. The zero-order valence-electron chi connectivity index (χ0n) is 14.2. The first kappa shape index (κ1) is 17.6. The Bertz CT molecular complexity index is 816. The van der Waals surface area contributed by atoms with Gasteiger partial charge in [0.1, 0.15) is 5.75 Å². The van der Waals surface area contributed by atoms with Gasteiger partial charge in [0.15, 0.2) is 11.5 Å². The molecule has 1 aliphatic carbocycles. The van der Waals surface area contributed by atoms with Crippen molar-refractivity contribution in [1.82, 2.24) is 5.32 Å². The number of hydrogen-bond donors (Lipinski definition) is 2. The van der Waals surface area contributed by atoms with Crippen molar-refractivity contribution < 1.29 is 28.9 Å². The molecule has 0 aromatic heterocycles. The third-order valence-electron chi connectivity index (χ3n) is 4.04. The molecule has 1 aliphatic heterocycles. The second-order valence-corrected chi connectivity index (χ2v) is 5.84. The minimum absolute atomic E-state index is 0.0333. The van der Waals surface area contributed by atoms with E-state index in [4.69, 9.17) is 24.1 Å². The summed E-state index contributed by atoms with van der Waals surface area (Å²) in [6, 6.07) is 11.6. The van der Waals surface area contributed by atoms with E-state index in [-0.39, 0.29) is 19.2 Å². The van der Waals surface area contributed by atoms with Gasteiger partial charge in [0.2, 0.25) is 6.79 Å². The van der Waals surface area contributed by atoms with E-state index in [0.717, 1.165) is 24.0 Å². The molecule has 7 nitrogen and oxygen atoms in total. The molecule has 2 N–H and O–H groups in total. The standard InChI is InChI=1S/C18H17NO4.CH2O2/c1-21-15-9-17-16(22-10-23-17)8-14(15)11-3-2-4-12(7-11)18(20)19-13-5-6-13;2-1-3/h2-4,7-9,13H,5-6,10H2,1H3,(H,19,20);1H,(H,2,3). The fraction of sp³-hybridized carbons (Fsp3) is 0.263. The van der Waals surface area contributed by atoms with Crippen LogP contribution in [0.1, 0.15) is 23.2 Å². The van der Waals surface area contributed by atoms with Gasteiger partial charge in [-0.05, 0) is 36.6 Å². The molecule has 0 saturated heterocycles. The lowest BCUT2D eigenvalue weighted by atomic mass is 10.0. The summed E-state index contributed by atoms with van der Waals surface area (Å²) in [5.74, 6) is 2.02. The average molecular weight is 357 g/mol. The van der Waals surface area contributed by atoms with Crippen molar-refractivity contribution in [2.24, 2.45) is 0 Å². The van der Waals surface area contributed by atoms with Gasteiger partial charge in [-0.25, -0.2) is 0 Å². The molecule has 0 atom stereocenters. The maximum Gasteiger partial charge on any atom is 0.290 e. The van der Waals surface area contributed by atoms with Gasteiger partial charge in [-0.15, -0.1) is 0 Å². The number of carbonyl (C=O) groups is 2. The molecule has 0 spiro atoms. The number of fused-ring (bicyclic) bond motifs is 1. The molecule has 0 unspecified atom stereocenters. The van der Waals surface area contributed by atoms with E-state index >= 15 is 0 Å². The molecule has 0 bridgehead atoms.